The normalized spacial score (nSPS) is 11.2. The lowest BCUT2D eigenvalue weighted by molar-refractivity contribution is -0.146. The molecule has 140 valence electrons. The first-order chi connectivity index (χ1) is 12.3. The molecule has 7 nitrogen and oxygen atoms in total. The molecule has 0 spiro atoms. The summed E-state index contributed by atoms with van der Waals surface area (Å²) in [4.78, 5) is 23.6. The largest absolute Gasteiger partial charge is 0.455 e. The predicted octanol–water partition coefficient (Wildman–Crippen LogP) is 2.52. The Morgan fingerprint density at radius 1 is 1.19 bits per heavy atom. The maximum Gasteiger partial charge on any atom is 0.316 e. The van der Waals surface area contributed by atoms with E-state index >= 15 is 0 Å². The van der Waals surface area contributed by atoms with Crippen LogP contribution in [0.25, 0.3) is 11.4 Å². The van der Waals surface area contributed by atoms with E-state index in [4.69, 9.17) is 4.74 Å². The minimum atomic E-state index is -0.467. The van der Waals surface area contributed by atoms with E-state index < -0.39 is 5.97 Å². The Hall–Kier alpha value is -2.35. The van der Waals surface area contributed by atoms with Gasteiger partial charge < -0.3 is 14.6 Å². The van der Waals surface area contributed by atoms with Crippen LogP contribution in [0.15, 0.2) is 35.5 Å². The molecule has 0 radical (unpaired) electrons. The molecule has 0 bridgehead atoms. The second kappa shape index (κ2) is 8.84. The lowest BCUT2D eigenvalue weighted by atomic mass is 10.1. The van der Waals surface area contributed by atoms with Crippen molar-refractivity contribution in [3.63, 3.8) is 0 Å². The third-order valence-electron chi connectivity index (χ3n) is 3.26. The van der Waals surface area contributed by atoms with Crippen molar-refractivity contribution in [2.45, 2.75) is 44.9 Å². The number of rotatable bonds is 7. The van der Waals surface area contributed by atoms with Crippen LogP contribution in [-0.2, 0) is 20.9 Å². The number of amides is 1. The maximum atomic E-state index is 11.9. The van der Waals surface area contributed by atoms with E-state index in [9.17, 15) is 9.59 Å². The topological polar surface area (TPSA) is 86.1 Å². The van der Waals surface area contributed by atoms with Gasteiger partial charge in [0, 0.05) is 17.6 Å². The van der Waals surface area contributed by atoms with Gasteiger partial charge in [0.05, 0.1) is 5.75 Å². The molecule has 2 rings (SSSR count). The fourth-order valence-corrected chi connectivity index (χ4v) is 3.05. The number of benzene rings is 1. The molecule has 0 unspecified atom stereocenters. The molecule has 8 heteroatoms. The Labute approximate surface area is 157 Å². The van der Waals surface area contributed by atoms with Gasteiger partial charge in [-0.05, 0) is 27.7 Å². The first kappa shape index (κ1) is 20.0. The molecular formula is C18H24N4O3S. The van der Waals surface area contributed by atoms with Gasteiger partial charge in [0.1, 0.15) is 0 Å². The van der Waals surface area contributed by atoms with Crippen LogP contribution in [0.5, 0.6) is 0 Å². The number of carbonyl (C=O) groups excluding carboxylic acids is 2. The molecule has 0 fully saturated rings. The monoisotopic (exact) mass is 376 g/mol. The Balaban J connectivity index is 1.90. The lowest BCUT2D eigenvalue weighted by Crippen LogP contribution is -2.42. The number of esters is 1. The van der Waals surface area contributed by atoms with Gasteiger partial charge in [-0.2, -0.15) is 0 Å². The maximum absolute atomic E-state index is 11.9. The highest BCUT2D eigenvalue weighted by Crippen LogP contribution is 2.23. The van der Waals surface area contributed by atoms with E-state index in [1.807, 2.05) is 62.6 Å². The molecule has 1 aromatic heterocycles. The lowest BCUT2D eigenvalue weighted by Gasteiger charge is -2.20. The first-order valence-corrected chi connectivity index (χ1v) is 9.36. The van der Waals surface area contributed by atoms with E-state index in [2.05, 4.69) is 15.5 Å². The van der Waals surface area contributed by atoms with Crippen LogP contribution in [0, 0.1) is 0 Å². The molecular weight excluding hydrogens is 352 g/mol. The standard InChI is InChI=1S/C18H24N4O3S/c1-5-22-16(13-9-7-6-8-10-13)20-21-17(22)26-12-15(24)25-11-14(23)19-18(2,3)4/h6-10H,5,11-12H2,1-4H3,(H,19,23). The number of nitrogens with one attached hydrogen (secondary N) is 1. The first-order valence-electron chi connectivity index (χ1n) is 8.38. The zero-order valence-corrected chi connectivity index (χ0v) is 16.3. The van der Waals surface area contributed by atoms with Crippen molar-refractivity contribution in [3.05, 3.63) is 30.3 Å². The van der Waals surface area contributed by atoms with Crippen LogP contribution in [0.3, 0.4) is 0 Å². The zero-order valence-electron chi connectivity index (χ0n) is 15.5. The molecule has 1 amide bonds. The van der Waals surface area contributed by atoms with E-state index in [-0.39, 0.29) is 23.8 Å². The summed E-state index contributed by atoms with van der Waals surface area (Å²) in [6.45, 7) is 7.99. The number of ether oxygens (including phenoxy) is 1. The molecule has 1 aromatic carbocycles. The molecule has 0 aliphatic rings. The van der Waals surface area contributed by atoms with Crippen molar-refractivity contribution in [2.75, 3.05) is 12.4 Å². The fourth-order valence-electron chi connectivity index (χ4n) is 2.25. The highest BCUT2D eigenvalue weighted by atomic mass is 32.2. The minimum absolute atomic E-state index is 0.0652. The van der Waals surface area contributed by atoms with Crippen LogP contribution in [-0.4, -0.2) is 44.5 Å². The molecule has 0 aliphatic heterocycles. The highest BCUT2D eigenvalue weighted by Gasteiger charge is 2.17. The summed E-state index contributed by atoms with van der Waals surface area (Å²) in [7, 11) is 0. The second-order valence-corrected chi connectivity index (χ2v) is 7.61. The Morgan fingerprint density at radius 3 is 2.50 bits per heavy atom. The molecule has 2 aromatic rings. The number of nitrogens with zero attached hydrogens (tertiary/aromatic N) is 3. The number of carbonyl (C=O) groups is 2. The Morgan fingerprint density at radius 2 is 1.88 bits per heavy atom. The minimum Gasteiger partial charge on any atom is -0.455 e. The summed E-state index contributed by atoms with van der Waals surface area (Å²) < 4.78 is 6.95. The van der Waals surface area contributed by atoms with Gasteiger partial charge in [-0.3, -0.25) is 9.59 Å². The zero-order chi connectivity index (χ0) is 19.2. The van der Waals surface area contributed by atoms with Gasteiger partial charge in [0.15, 0.2) is 17.6 Å². The molecule has 26 heavy (non-hydrogen) atoms. The summed E-state index contributed by atoms with van der Waals surface area (Å²) in [6, 6.07) is 9.75. The summed E-state index contributed by atoms with van der Waals surface area (Å²) in [6.07, 6.45) is 0. The van der Waals surface area contributed by atoms with Crippen molar-refractivity contribution in [1.29, 1.82) is 0 Å². The van der Waals surface area contributed by atoms with Gasteiger partial charge in [-0.25, -0.2) is 0 Å². The van der Waals surface area contributed by atoms with E-state index in [1.165, 1.54) is 11.8 Å². The van der Waals surface area contributed by atoms with Crippen molar-refractivity contribution < 1.29 is 14.3 Å². The molecule has 0 aliphatic carbocycles. The smallest absolute Gasteiger partial charge is 0.316 e. The summed E-state index contributed by atoms with van der Waals surface area (Å²) >= 11 is 1.24. The van der Waals surface area contributed by atoms with Gasteiger partial charge >= 0.3 is 5.97 Å². The van der Waals surface area contributed by atoms with Crippen LogP contribution < -0.4 is 5.32 Å². The molecule has 0 saturated carbocycles. The average Bonchev–Trinajstić information content (AvgIpc) is 3.00. The van der Waals surface area contributed by atoms with Crippen LogP contribution in [0.4, 0.5) is 0 Å². The van der Waals surface area contributed by atoms with Crippen molar-refractivity contribution in [3.8, 4) is 11.4 Å². The van der Waals surface area contributed by atoms with Gasteiger partial charge in [-0.15, -0.1) is 10.2 Å². The third-order valence-corrected chi connectivity index (χ3v) is 4.20. The van der Waals surface area contributed by atoms with Gasteiger partial charge in [0.2, 0.25) is 0 Å². The van der Waals surface area contributed by atoms with Gasteiger partial charge in [-0.1, -0.05) is 42.1 Å². The van der Waals surface area contributed by atoms with Crippen LogP contribution in [0.1, 0.15) is 27.7 Å². The van der Waals surface area contributed by atoms with Gasteiger partial charge in [0.25, 0.3) is 5.91 Å². The quantitative estimate of drug-likeness (QED) is 0.590. The average molecular weight is 376 g/mol. The fraction of sp³-hybridized carbons (Fsp3) is 0.444. The Kier molecular flexibility index (Phi) is 6.79. The summed E-state index contributed by atoms with van der Waals surface area (Å²) in [5, 5.41) is 11.8. The molecule has 1 heterocycles. The SMILES string of the molecule is CCn1c(SCC(=O)OCC(=O)NC(C)(C)C)nnc1-c1ccccc1. The van der Waals surface area contributed by atoms with Crippen molar-refractivity contribution in [2.24, 2.45) is 0 Å². The Bertz CT molecular complexity index is 754. The van der Waals surface area contributed by atoms with Crippen molar-refractivity contribution in [1.82, 2.24) is 20.1 Å². The predicted molar refractivity (Wildman–Crippen MR) is 101 cm³/mol. The number of thioether (sulfide) groups is 1. The number of aromatic nitrogens is 3. The van der Waals surface area contributed by atoms with Crippen molar-refractivity contribution >= 4 is 23.6 Å². The summed E-state index contributed by atoms with van der Waals surface area (Å²) in [5.74, 6) is 0.0360. The number of hydrogen-bond acceptors (Lipinski definition) is 6. The van der Waals surface area contributed by atoms with Crippen LogP contribution in [0.2, 0.25) is 0 Å². The highest BCUT2D eigenvalue weighted by molar-refractivity contribution is 7.99. The summed E-state index contributed by atoms with van der Waals surface area (Å²) in [5.41, 5.74) is 0.610. The second-order valence-electron chi connectivity index (χ2n) is 6.66. The van der Waals surface area contributed by atoms with E-state index in [0.29, 0.717) is 11.7 Å². The van der Waals surface area contributed by atoms with Crippen LogP contribution >= 0.6 is 11.8 Å². The molecule has 0 saturated heterocycles. The molecule has 1 N–H and O–H groups in total. The van der Waals surface area contributed by atoms with E-state index in [0.717, 1.165) is 11.4 Å². The van der Waals surface area contributed by atoms with E-state index in [1.54, 1.807) is 0 Å². The number of hydrogen-bond donors (Lipinski definition) is 1. The third kappa shape index (κ3) is 5.87. The molecule has 0 atom stereocenters.